The van der Waals surface area contributed by atoms with Crippen LogP contribution in [0.3, 0.4) is 0 Å². The first kappa shape index (κ1) is 16.9. The Morgan fingerprint density at radius 2 is 1.87 bits per heavy atom. The number of anilines is 1. The SMILES string of the molecule is CC(=O)c1ccc(NC(=O)COC(=O)CCc2cccs2)cc1. The van der Waals surface area contributed by atoms with Gasteiger partial charge in [0, 0.05) is 16.1 Å². The lowest BCUT2D eigenvalue weighted by Crippen LogP contribution is -2.21. The Kier molecular flexibility index (Phi) is 6.05. The first-order chi connectivity index (χ1) is 11.0. The highest BCUT2D eigenvalue weighted by Crippen LogP contribution is 2.12. The molecule has 23 heavy (non-hydrogen) atoms. The Balaban J connectivity index is 1.71. The van der Waals surface area contributed by atoms with E-state index in [0.717, 1.165) is 4.88 Å². The highest BCUT2D eigenvalue weighted by atomic mass is 32.1. The fourth-order valence-electron chi connectivity index (χ4n) is 1.88. The lowest BCUT2D eigenvalue weighted by atomic mass is 10.1. The van der Waals surface area contributed by atoms with Gasteiger partial charge in [0.1, 0.15) is 0 Å². The summed E-state index contributed by atoms with van der Waals surface area (Å²) in [6, 6.07) is 10.4. The van der Waals surface area contributed by atoms with Gasteiger partial charge >= 0.3 is 5.97 Å². The fraction of sp³-hybridized carbons (Fsp3) is 0.235. The molecule has 1 amide bonds. The molecule has 0 bridgehead atoms. The Hall–Kier alpha value is -2.47. The Morgan fingerprint density at radius 1 is 1.13 bits per heavy atom. The van der Waals surface area contributed by atoms with Crippen LogP contribution in [0.15, 0.2) is 41.8 Å². The number of esters is 1. The molecule has 1 aromatic carbocycles. The molecule has 2 aromatic rings. The van der Waals surface area contributed by atoms with Crippen LogP contribution in [0.5, 0.6) is 0 Å². The monoisotopic (exact) mass is 331 g/mol. The number of nitrogens with one attached hydrogen (secondary N) is 1. The molecule has 1 heterocycles. The summed E-state index contributed by atoms with van der Waals surface area (Å²) in [7, 11) is 0. The largest absolute Gasteiger partial charge is 0.456 e. The van der Waals surface area contributed by atoms with E-state index in [1.165, 1.54) is 6.92 Å². The third-order valence-corrected chi connectivity index (χ3v) is 4.03. The zero-order chi connectivity index (χ0) is 16.7. The van der Waals surface area contributed by atoms with E-state index in [4.69, 9.17) is 4.74 Å². The topological polar surface area (TPSA) is 72.5 Å². The van der Waals surface area contributed by atoms with Crippen molar-refractivity contribution in [3.05, 3.63) is 52.2 Å². The molecule has 0 atom stereocenters. The average molecular weight is 331 g/mol. The number of carbonyl (C=O) groups excluding carboxylic acids is 3. The van der Waals surface area contributed by atoms with E-state index in [0.29, 0.717) is 17.7 Å². The first-order valence-electron chi connectivity index (χ1n) is 7.13. The van der Waals surface area contributed by atoms with Crippen molar-refractivity contribution in [1.82, 2.24) is 0 Å². The molecule has 0 fully saturated rings. The maximum Gasteiger partial charge on any atom is 0.306 e. The molecular formula is C17H17NO4S. The smallest absolute Gasteiger partial charge is 0.306 e. The predicted octanol–water partition coefficient (Wildman–Crippen LogP) is 3.07. The van der Waals surface area contributed by atoms with Crippen LogP contribution in [0.4, 0.5) is 5.69 Å². The van der Waals surface area contributed by atoms with E-state index in [1.807, 2.05) is 17.5 Å². The molecule has 120 valence electrons. The van der Waals surface area contributed by atoms with Crippen LogP contribution in [0.25, 0.3) is 0 Å². The van der Waals surface area contributed by atoms with Crippen LogP contribution in [0.1, 0.15) is 28.6 Å². The van der Waals surface area contributed by atoms with E-state index in [2.05, 4.69) is 5.32 Å². The molecule has 0 aliphatic carbocycles. The molecule has 5 nitrogen and oxygen atoms in total. The van der Waals surface area contributed by atoms with Gasteiger partial charge in [-0.05, 0) is 49.1 Å². The normalized spacial score (nSPS) is 10.1. The minimum absolute atomic E-state index is 0.0393. The molecule has 0 saturated carbocycles. The molecular weight excluding hydrogens is 314 g/mol. The van der Waals surface area contributed by atoms with Crippen molar-refractivity contribution < 1.29 is 19.1 Å². The third-order valence-electron chi connectivity index (χ3n) is 3.10. The maximum atomic E-state index is 11.7. The number of benzene rings is 1. The number of hydrogen-bond donors (Lipinski definition) is 1. The van der Waals surface area contributed by atoms with Crippen LogP contribution < -0.4 is 5.32 Å². The van der Waals surface area contributed by atoms with Crippen LogP contribution in [-0.2, 0) is 20.7 Å². The van der Waals surface area contributed by atoms with Crippen molar-refractivity contribution in [2.75, 3.05) is 11.9 Å². The maximum absolute atomic E-state index is 11.7. The van der Waals surface area contributed by atoms with Crippen molar-refractivity contribution >= 4 is 34.7 Å². The molecule has 1 N–H and O–H groups in total. The summed E-state index contributed by atoms with van der Waals surface area (Å²) < 4.78 is 4.94. The number of rotatable bonds is 7. The quantitative estimate of drug-likeness (QED) is 0.625. The van der Waals surface area contributed by atoms with Gasteiger partial charge in [-0.2, -0.15) is 0 Å². The molecule has 0 radical (unpaired) electrons. The summed E-state index contributed by atoms with van der Waals surface area (Å²) in [5.41, 5.74) is 1.12. The van der Waals surface area contributed by atoms with Gasteiger partial charge in [0.15, 0.2) is 12.4 Å². The van der Waals surface area contributed by atoms with Gasteiger partial charge in [-0.3, -0.25) is 14.4 Å². The number of aryl methyl sites for hydroxylation is 1. The highest BCUT2D eigenvalue weighted by molar-refractivity contribution is 7.09. The zero-order valence-electron chi connectivity index (χ0n) is 12.7. The summed E-state index contributed by atoms with van der Waals surface area (Å²) in [5, 5.41) is 4.56. The number of ketones is 1. The first-order valence-corrected chi connectivity index (χ1v) is 8.01. The van der Waals surface area contributed by atoms with Crippen LogP contribution in [-0.4, -0.2) is 24.3 Å². The number of thiophene rings is 1. The van der Waals surface area contributed by atoms with Crippen LogP contribution in [0.2, 0.25) is 0 Å². The second-order valence-corrected chi connectivity index (χ2v) is 5.95. The number of Topliss-reactive ketones (excluding diaryl/α,β-unsaturated/α-hetero) is 1. The van der Waals surface area contributed by atoms with E-state index in [1.54, 1.807) is 35.6 Å². The minimum atomic E-state index is -0.412. The molecule has 1 aromatic heterocycles. The molecule has 2 rings (SSSR count). The average Bonchev–Trinajstić information content (AvgIpc) is 3.05. The highest BCUT2D eigenvalue weighted by Gasteiger charge is 2.09. The lowest BCUT2D eigenvalue weighted by molar-refractivity contribution is -0.147. The summed E-state index contributed by atoms with van der Waals surface area (Å²) in [4.78, 5) is 35.6. The van der Waals surface area contributed by atoms with Crippen molar-refractivity contribution in [1.29, 1.82) is 0 Å². The second-order valence-electron chi connectivity index (χ2n) is 4.92. The van der Waals surface area contributed by atoms with Crippen LogP contribution in [0, 0.1) is 0 Å². The van der Waals surface area contributed by atoms with Gasteiger partial charge in [0.2, 0.25) is 0 Å². The molecule has 0 saturated heterocycles. The lowest BCUT2D eigenvalue weighted by Gasteiger charge is -2.07. The Labute approximate surface area is 138 Å². The van der Waals surface area contributed by atoms with Gasteiger partial charge in [-0.25, -0.2) is 0 Å². The zero-order valence-corrected chi connectivity index (χ0v) is 13.5. The van der Waals surface area contributed by atoms with Crippen molar-refractivity contribution in [3.8, 4) is 0 Å². The molecule has 6 heteroatoms. The predicted molar refractivity (Wildman–Crippen MR) is 88.7 cm³/mol. The fourth-order valence-corrected chi connectivity index (χ4v) is 2.59. The third kappa shape index (κ3) is 5.67. The second kappa shape index (κ2) is 8.24. The number of hydrogen-bond acceptors (Lipinski definition) is 5. The van der Waals surface area contributed by atoms with Gasteiger partial charge in [-0.15, -0.1) is 11.3 Å². The Morgan fingerprint density at radius 3 is 2.48 bits per heavy atom. The van der Waals surface area contributed by atoms with E-state index in [9.17, 15) is 14.4 Å². The van der Waals surface area contributed by atoms with Gasteiger partial charge in [0.05, 0.1) is 6.42 Å². The van der Waals surface area contributed by atoms with E-state index >= 15 is 0 Å². The minimum Gasteiger partial charge on any atom is -0.456 e. The van der Waals surface area contributed by atoms with E-state index in [-0.39, 0.29) is 18.8 Å². The van der Waals surface area contributed by atoms with Crippen molar-refractivity contribution in [2.45, 2.75) is 19.8 Å². The van der Waals surface area contributed by atoms with Crippen molar-refractivity contribution in [2.24, 2.45) is 0 Å². The van der Waals surface area contributed by atoms with Gasteiger partial charge in [0.25, 0.3) is 5.91 Å². The molecule has 0 spiro atoms. The van der Waals surface area contributed by atoms with E-state index < -0.39 is 11.9 Å². The molecule has 0 aliphatic rings. The van der Waals surface area contributed by atoms with Crippen LogP contribution >= 0.6 is 11.3 Å². The number of carbonyl (C=O) groups is 3. The summed E-state index contributed by atoms with van der Waals surface area (Å²) in [6.45, 7) is 1.15. The number of amides is 1. The summed E-state index contributed by atoms with van der Waals surface area (Å²) in [5.74, 6) is -0.854. The van der Waals surface area contributed by atoms with Gasteiger partial charge < -0.3 is 10.1 Å². The summed E-state index contributed by atoms with van der Waals surface area (Å²) >= 11 is 1.58. The van der Waals surface area contributed by atoms with Crippen molar-refractivity contribution in [3.63, 3.8) is 0 Å². The van der Waals surface area contributed by atoms with Gasteiger partial charge in [-0.1, -0.05) is 6.07 Å². The summed E-state index contributed by atoms with van der Waals surface area (Å²) in [6.07, 6.45) is 0.867. The molecule has 0 aliphatic heterocycles. The molecule has 0 unspecified atom stereocenters. The standard InChI is InChI=1S/C17H17NO4S/c1-12(19)13-4-6-14(7-5-13)18-16(20)11-22-17(21)9-8-15-3-2-10-23-15/h2-7,10H,8-9,11H2,1H3,(H,18,20). The Bertz CT molecular complexity index is 677. The number of ether oxygens (including phenoxy) is 1.